The van der Waals surface area contributed by atoms with Crippen LogP contribution in [-0.2, 0) is 4.79 Å². The van der Waals surface area contributed by atoms with Gasteiger partial charge in [0.05, 0.1) is 5.92 Å². The molecule has 1 aromatic rings. The summed E-state index contributed by atoms with van der Waals surface area (Å²) in [7, 11) is 0. The van der Waals surface area contributed by atoms with Crippen LogP contribution < -0.4 is 0 Å². The minimum atomic E-state index is -0.761. The second-order valence-electron chi connectivity index (χ2n) is 3.96. The summed E-state index contributed by atoms with van der Waals surface area (Å²) in [5, 5.41) is 10.8. The van der Waals surface area contributed by atoms with Gasteiger partial charge in [0, 0.05) is 17.8 Å². The van der Waals surface area contributed by atoms with E-state index in [1.165, 1.54) is 6.92 Å². The Labute approximate surface area is 94.4 Å². The minimum Gasteiger partial charge on any atom is -0.303 e. The van der Waals surface area contributed by atoms with Crippen LogP contribution in [0.25, 0.3) is 0 Å². The molecule has 0 saturated heterocycles. The number of aldehydes is 1. The number of carbonyl (C=O) groups excluding carboxylic acids is 1. The van der Waals surface area contributed by atoms with Gasteiger partial charge >= 0.3 is 0 Å². The number of benzene rings is 1. The van der Waals surface area contributed by atoms with Gasteiger partial charge in [0.15, 0.2) is 0 Å². The Hall–Kier alpha value is -1.71. The third-order valence-electron chi connectivity index (χ3n) is 2.82. The first-order valence-corrected chi connectivity index (χ1v) is 5.21. The molecular weight excluding hydrogens is 206 g/mol. The van der Waals surface area contributed by atoms with E-state index in [4.69, 9.17) is 0 Å². The largest absolute Gasteiger partial charge is 0.303 e. The summed E-state index contributed by atoms with van der Waals surface area (Å²) in [6.07, 6.45) is 0.775. The first kappa shape index (κ1) is 12.4. The van der Waals surface area contributed by atoms with Crippen LogP contribution in [0.1, 0.15) is 25.3 Å². The van der Waals surface area contributed by atoms with Crippen LogP contribution >= 0.6 is 0 Å². The van der Waals surface area contributed by atoms with E-state index < -0.39 is 6.04 Å². The van der Waals surface area contributed by atoms with Crippen LogP contribution in [0.2, 0.25) is 0 Å². The topological polar surface area (TPSA) is 60.2 Å². The summed E-state index contributed by atoms with van der Waals surface area (Å²) in [4.78, 5) is 21.3. The van der Waals surface area contributed by atoms with E-state index >= 15 is 0 Å². The highest BCUT2D eigenvalue weighted by Gasteiger charge is 2.32. The second-order valence-corrected chi connectivity index (χ2v) is 3.96. The molecule has 4 nitrogen and oxygen atoms in total. The molecule has 4 heteroatoms. The summed E-state index contributed by atoms with van der Waals surface area (Å²) in [6, 6.07) is 8.39. The summed E-state index contributed by atoms with van der Waals surface area (Å²) in [6.45, 7) is 3.25. The normalized spacial score (nSPS) is 16.1. The fourth-order valence-electron chi connectivity index (χ4n) is 1.91. The average molecular weight is 221 g/mol. The number of nitro groups is 1. The Morgan fingerprint density at radius 2 is 1.81 bits per heavy atom. The summed E-state index contributed by atoms with van der Waals surface area (Å²) in [5.41, 5.74) is 0.839. The van der Waals surface area contributed by atoms with Crippen molar-refractivity contribution in [1.82, 2.24) is 0 Å². The van der Waals surface area contributed by atoms with E-state index in [1.807, 2.05) is 30.3 Å². The first-order chi connectivity index (χ1) is 7.57. The van der Waals surface area contributed by atoms with E-state index in [-0.39, 0.29) is 16.8 Å². The van der Waals surface area contributed by atoms with Crippen molar-refractivity contribution in [3.05, 3.63) is 46.0 Å². The zero-order chi connectivity index (χ0) is 12.1. The van der Waals surface area contributed by atoms with Crippen molar-refractivity contribution in [1.29, 1.82) is 0 Å². The Morgan fingerprint density at radius 3 is 2.25 bits per heavy atom. The molecular formula is C12H15NO3. The van der Waals surface area contributed by atoms with Crippen molar-refractivity contribution in [2.75, 3.05) is 0 Å². The Bertz CT molecular complexity index is 364. The van der Waals surface area contributed by atoms with Crippen LogP contribution in [-0.4, -0.2) is 17.3 Å². The van der Waals surface area contributed by atoms with Crippen LogP contribution in [0.15, 0.2) is 30.3 Å². The molecule has 0 amide bonds. The quantitative estimate of drug-likeness (QED) is 0.435. The Balaban J connectivity index is 3.06. The van der Waals surface area contributed by atoms with Gasteiger partial charge in [0.25, 0.3) is 0 Å². The standard InChI is InChI=1S/C12H15NO3/c1-9(8-14)12(10(2)13(15)16)11-6-4-3-5-7-11/h3-10,12H,1-2H3. The maximum Gasteiger partial charge on any atom is 0.217 e. The Morgan fingerprint density at radius 1 is 1.25 bits per heavy atom. The third-order valence-corrected chi connectivity index (χ3v) is 2.82. The third kappa shape index (κ3) is 2.66. The average Bonchev–Trinajstić information content (AvgIpc) is 2.30. The van der Waals surface area contributed by atoms with Crippen molar-refractivity contribution in [2.24, 2.45) is 5.92 Å². The van der Waals surface area contributed by atoms with Crippen molar-refractivity contribution >= 4 is 6.29 Å². The van der Waals surface area contributed by atoms with Crippen LogP contribution in [0, 0.1) is 16.0 Å². The summed E-state index contributed by atoms with van der Waals surface area (Å²) < 4.78 is 0. The summed E-state index contributed by atoms with van der Waals surface area (Å²) >= 11 is 0. The molecule has 0 aliphatic carbocycles. The first-order valence-electron chi connectivity index (χ1n) is 5.21. The molecule has 0 saturated carbocycles. The number of carbonyl (C=O) groups is 1. The highest BCUT2D eigenvalue weighted by Crippen LogP contribution is 2.28. The minimum absolute atomic E-state index is 0.336. The fraction of sp³-hybridized carbons (Fsp3) is 0.417. The maximum absolute atomic E-state index is 10.8. The molecule has 0 bridgehead atoms. The van der Waals surface area contributed by atoms with Gasteiger partial charge in [0.1, 0.15) is 6.29 Å². The zero-order valence-corrected chi connectivity index (χ0v) is 9.37. The summed E-state index contributed by atoms with van der Waals surface area (Å²) in [5.74, 6) is -0.725. The molecule has 1 aromatic carbocycles. The van der Waals surface area contributed by atoms with Gasteiger partial charge in [-0.1, -0.05) is 37.3 Å². The fourth-order valence-corrected chi connectivity index (χ4v) is 1.91. The monoisotopic (exact) mass is 221 g/mol. The SMILES string of the molecule is CC(C=O)C(c1ccccc1)C(C)[N+](=O)[O-]. The van der Waals surface area contributed by atoms with E-state index in [2.05, 4.69) is 0 Å². The lowest BCUT2D eigenvalue weighted by atomic mass is 9.83. The van der Waals surface area contributed by atoms with Gasteiger partial charge in [-0.15, -0.1) is 0 Å². The number of nitrogens with zero attached hydrogens (tertiary/aromatic N) is 1. The molecule has 0 aliphatic heterocycles. The molecule has 0 spiro atoms. The molecule has 86 valence electrons. The van der Waals surface area contributed by atoms with E-state index in [1.54, 1.807) is 6.92 Å². The number of hydrogen-bond donors (Lipinski definition) is 0. The van der Waals surface area contributed by atoms with Crippen molar-refractivity contribution in [2.45, 2.75) is 25.8 Å². The molecule has 0 heterocycles. The van der Waals surface area contributed by atoms with Gasteiger partial charge in [0.2, 0.25) is 6.04 Å². The van der Waals surface area contributed by atoms with Crippen molar-refractivity contribution < 1.29 is 9.72 Å². The highest BCUT2D eigenvalue weighted by atomic mass is 16.6. The molecule has 3 atom stereocenters. The van der Waals surface area contributed by atoms with E-state index in [9.17, 15) is 14.9 Å². The lowest BCUT2D eigenvalue weighted by Crippen LogP contribution is -2.29. The molecule has 0 N–H and O–H groups in total. The second kappa shape index (κ2) is 5.39. The Kier molecular flexibility index (Phi) is 4.17. The molecule has 0 aliphatic rings. The van der Waals surface area contributed by atoms with Gasteiger partial charge in [-0.25, -0.2) is 0 Å². The predicted molar refractivity (Wildman–Crippen MR) is 60.9 cm³/mol. The highest BCUT2D eigenvalue weighted by molar-refractivity contribution is 5.55. The smallest absolute Gasteiger partial charge is 0.217 e. The number of rotatable bonds is 5. The molecule has 16 heavy (non-hydrogen) atoms. The number of hydrogen-bond acceptors (Lipinski definition) is 3. The predicted octanol–water partition coefficient (Wildman–Crippen LogP) is 2.27. The van der Waals surface area contributed by atoms with Crippen molar-refractivity contribution in [3.8, 4) is 0 Å². The van der Waals surface area contributed by atoms with Gasteiger partial charge in [-0.05, 0) is 5.56 Å². The molecule has 3 unspecified atom stereocenters. The van der Waals surface area contributed by atoms with Gasteiger partial charge in [-0.3, -0.25) is 10.1 Å². The van der Waals surface area contributed by atoms with E-state index in [0.717, 1.165) is 11.8 Å². The lowest BCUT2D eigenvalue weighted by Gasteiger charge is -2.21. The maximum atomic E-state index is 10.8. The molecule has 0 fully saturated rings. The van der Waals surface area contributed by atoms with Crippen LogP contribution in [0.4, 0.5) is 0 Å². The zero-order valence-electron chi connectivity index (χ0n) is 9.37. The molecule has 0 aromatic heterocycles. The van der Waals surface area contributed by atoms with Crippen molar-refractivity contribution in [3.63, 3.8) is 0 Å². The van der Waals surface area contributed by atoms with Gasteiger partial charge < -0.3 is 4.79 Å². The van der Waals surface area contributed by atoms with Gasteiger partial charge in [-0.2, -0.15) is 0 Å². The lowest BCUT2D eigenvalue weighted by molar-refractivity contribution is -0.523. The van der Waals surface area contributed by atoms with Crippen LogP contribution in [0.3, 0.4) is 0 Å². The molecule has 1 rings (SSSR count). The van der Waals surface area contributed by atoms with Crippen LogP contribution in [0.5, 0.6) is 0 Å². The van der Waals surface area contributed by atoms with E-state index in [0.29, 0.717) is 0 Å². The molecule has 0 radical (unpaired) electrons.